The number of amides is 2. The molecule has 1 heterocycles. The second kappa shape index (κ2) is 8.33. The largest absolute Gasteiger partial charge is 0.479 e. The molecule has 0 aliphatic rings. The maximum atomic E-state index is 12.4. The first-order chi connectivity index (χ1) is 13.4. The van der Waals surface area contributed by atoms with Gasteiger partial charge < -0.3 is 15.4 Å². The van der Waals surface area contributed by atoms with Crippen LogP contribution < -0.4 is 15.4 Å². The van der Waals surface area contributed by atoms with Crippen LogP contribution in [0.3, 0.4) is 0 Å². The molecule has 0 aliphatic heterocycles. The van der Waals surface area contributed by atoms with Gasteiger partial charge in [-0.2, -0.15) is 0 Å². The number of aryl methyl sites for hydroxylation is 1. The minimum absolute atomic E-state index is 0.234. The molecule has 28 heavy (non-hydrogen) atoms. The monoisotopic (exact) mass is 418 g/mol. The number of carbonyl (C=O) groups excluding carboxylic acids is 2. The van der Waals surface area contributed by atoms with Gasteiger partial charge in [-0.25, -0.2) is 0 Å². The SMILES string of the molecule is COc1nn(C)cc1C(=O)Nc1ccc(C(=O)Nc2ccc(Cl)c(Cl)c2)cc1. The summed E-state index contributed by atoms with van der Waals surface area (Å²) in [6, 6.07) is 11.3. The molecule has 2 amide bonds. The lowest BCUT2D eigenvalue weighted by Gasteiger charge is -2.08. The number of nitrogens with zero attached hydrogens (tertiary/aromatic N) is 2. The second-order valence-corrected chi connectivity index (χ2v) is 6.65. The Morgan fingerprint density at radius 3 is 2.25 bits per heavy atom. The van der Waals surface area contributed by atoms with E-state index in [9.17, 15) is 9.59 Å². The van der Waals surface area contributed by atoms with Crippen molar-refractivity contribution in [2.75, 3.05) is 17.7 Å². The number of carbonyl (C=O) groups is 2. The third-order valence-electron chi connectivity index (χ3n) is 3.82. The van der Waals surface area contributed by atoms with Crippen molar-refractivity contribution in [2.45, 2.75) is 0 Å². The standard InChI is InChI=1S/C19H16Cl2N4O3/c1-25-10-14(19(24-25)28-2)18(27)22-12-5-3-11(4-6-12)17(26)23-13-7-8-15(20)16(21)9-13/h3-10H,1-2H3,(H,22,27)(H,23,26). The molecule has 0 spiro atoms. The van der Waals surface area contributed by atoms with Gasteiger partial charge in [0.25, 0.3) is 11.8 Å². The maximum Gasteiger partial charge on any atom is 0.262 e. The van der Waals surface area contributed by atoms with Crippen LogP contribution in [-0.4, -0.2) is 28.7 Å². The van der Waals surface area contributed by atoms with Crippen molar-refractivity contribution in [3.05, 3.63) is 69.8 Å². The number of hydrogen-bond acceptors (Lipinski definition) is 4. The number of nitrogens with one attached hydrogen (secondary N) is 2. The van der Waals surface area contributed by atoms with Crippen LogP contribution in [0.1, 0.15) is 20.7 Å². The molecule has 0 aliphatic carbocycles. The highest BCUT2D eigenvalue weighted by Gasteiger charge is 2.16. The first kappa shape index (κ1) is 19.7. The summed E-state index contributed by atoms with van der Waals surface area (Å²) < 4.78 is 6.57. The molecule has 2 N–H and O–H groups in total. The molecule has 0 unspecified atom stereocenters. The molecule has 3 rings (SSSR count). The van der Waals surface area contributed by atoms with Gasteiger partial charge in [-0.3, -0.25) is 14.3 Å². The zero-order valence-electron chi connectivity index (χ0n) is 15.0. The van der Waals surface area contributed by atoms with Crippen LogP contribution in [-0.2, 0) is 7.05 Å². The van der Waals surface area contributed by atoms with Gasteiger partial charge in [0.05, 0.1) is 17.2 Å². The number of anilines is 2. The third kappa shape index (κ3) is 4.44. The van der Waals surface area contributed by atoms with E-state index in [1.54, 1.807) is 55.7 Å². The quantitative estimate of drug-likeness (QED) is 0.648. The molecule has 9 heteroatoms. The van der Waals surface area contributed by atoms with Crippen LogP contribution in [0.15, 0.2) is 48.7 Å². The van der Waals surface area contributed by atoms with Gasteiger partial charge in [0.15, 0.2) is 0 Å². The minimum Gasteiger partial charge on any atom is -0.479 e. The molecular formula is C19H16Cl2N4O3. The van der Waals surface area contributed by atoms with Gasteiger partial charge in [-0.1, -0.05) is 23.2 Å². The number of benzene rings is 2. The molecule has 0 bridgehead atoms. The topological polar surface area (TPSA) is 85.2 Å². The molecule has 0 fully saturated rings. The lowest BCUT2D eigenvalue weighted by atomic mass is 10.2. The van der Waals surface area contributed by atoms with E-state index in [1.165, 1.54) is 11.8 Å². The van der Waals surface area contributed by atoms with E-state index in [4.69, 9.17) is 27.9 Å². The van der Waals surface area contributed by atoms with Crippen LogP contribution in [0.4, 0.5) is 11.4 Å². The van der Waals surface area contributed by atoms with E-state index in [-0.39, 0.29) is 17.7 Å². The summed E-state index contributed by atoms with van der Waals surface area (Å²) in [5, 5.41) is 10.3. The van der Waals surface area contributed by atoms with Crippen LogP contribution in [0, 0.1) is 0 Å². The van der Waals surface area contributed by atoms with Gasteiger partial charge in [-0.15, -0.1) is 5.10 Å². The fourth-order valence-corrected chi connectivity index (χ4v) is 2.75. The zero-order valence-corrected chi connectivity index (χ0v) is 16.5. The first-order valence-corrected chi connectivity index (χ1v) is 8.88. The number of hydrogen-bond donors (Lipinski definition) is 2. The minimum atomic E-state index is -0.363. The number of methoxy groups -OCH3 is 1. The summed E-state index contributed by atoms with van der Waals surface area (Å²) in [4.78, 5) is 24.7. The van der Waals surface area contributed by atoms with E-state index in [2.05, 4.69) is 15.7 Å². The molecule has 144 valence electrons. The van der Waals surface area contributed by atoms with Gasteiger partial charge >= 0.3 is 0 Å². The van der Waals surface area contributed by atoms with Crippen LogP contribution in [0.25, 0.3) is 0 Å². The Morgan fingerprint density at radius 1 is 0.964 bits per heavy atom. The molecule has 0 saturated heterocycles. The van der Waals surface area contributed by atoms with E-state index in [1.807, 2.05) is 0 Å². The van der Waals surface area contributed by atoms with Crippen LogP contribution in [0.2, 0.25) is 10.0 Å². The highest BCUT2D eigenvalue weighted by molar-refractivity contribution is 6.42. The highest BCUT2D eigenvalue weighted by Crippen LogP contribution is 2.25. The Hall–Kier alpha value is -3.03. The molecule has 3 aromatic rings. The molecule has 0 atom stereocenters. The van der Waals surface area contributed by atoms with E-state index >= 15 is 0 Å². The van der Waals surface area contributed by atoms with Crippen molar-refractivity contribution in [1.29, 1.82) is 0 Å². The summed E-state index contributed by atoms with van der Waals surface area (Å²) in [5.74, 6) is -0.444. The van der Waals surface area contributed by atoms with Crippen LogP contribution >= 0.6 is 23.2 Å². The van der Waals surface area contributed by atoms with Gasteiger partial charge in [0, 0.05) is 30.2 Å². The van der Waals surface area contributed by atoms with Crippen molar-refractivity contribution in [3.8, 4) is 5.88 Å². The van der Waals surface area contributed by atoms with Crippen LogP contribution in [0.5, 0.6) is 5.88 Å². The van der Waals surface area contributed by atoms with E-state index < -0.39 is 0 Å². The zero-order chi connectivity index (χ0) is 20.3. The smallest absolute Gasteiger partial charge is 0.262 e. The second-order valence-electron chi connectivity index (χ2n) is 5.84. The fourth-order valence-electron chi connectivity index (χ4n) is 2.46. The Kier molecular flexibility index (Phi) is 5.87. The molecule has 0 radical (unpaired) electrons. The number of aromatic nitrogens is 2. The summed E-state index contributed by atoms with van der Waals surface area (Å²) in [6.07, 6.45) is 1.56. The summed E-state index contributed by atoms with van der Waals surface area (Å²) in [6.45, 7) is 0. The highest BCUT2D eigenvalue weighted by atomic mass is 35.5. The number of halogens is 2. The average Bonchev–Trinajstić information content (AvgIpc) is 3.06. The molecular weight excluding hydrogens is 403 g/mol. The molecule has 0 saturated carbocycles. The maximum absolute atomic E-state index is 12.4. The van der Waals surface area contributed by atoms with Crippen molar-refractivity contribution in [3.63, 3.8) is 0 Å². The predicted octanol–water partition coefficient (Wildman–Crippen LogP) is 4.24. The van der Waals surface area contributed by atoms with Crippen molar-refractivity contribution < 1.29 is 14.3 Å². The average molecular weight is 419 g/mol. The third-order valence-corrected chi connectivity index (χ3v) is 4.55. The van der Waals surface area contributed by atoms with Gasteiger partial charge in [0.2, 0.25) is 5.88 Å². The molecule has 2 aromatic carbocycles. The normalized spacial score (nSPS) is 10.4. The fraction of sp³-hybridized carbons (Fsp3) is 0.105. The van der Waals surface area contributed by atoms with Crippen molar-refractivity contribution in [2.24, 2.45) is 7.05 Å². The predicted molar refractivity (Wildman–Crippen MR) is 109 cm³/mol. The molecule has 1 aromatic heterocycles. The van der Waals surface area contributed by atoms with Crippen molar-refractivity contribution in [1.82, 2.24) is 9.78 Å². The first-order valence-electron chi connectivity index (χ1n) is 8.13. The van der Waals surface area contributed by atoms with E-state index in [0.29, 0.717) is 32.5 Å². The summed E-state index contributed by atoms with van der Waals surface area (Å²) >= 11 is 11.8. The van der Waals surface area contributed by atoms with Gasteiger partial charge in [0.1, 0.15) is 5.56 Å². The Morgan fingerprint density at radius 2 is 1.61 bits per heavy atom. The Bertz CT molecular complexity index is 1030. The Balaban J connectivity index is 1.68. The number of rotatable bonds is 5. The lowest BCUT2D eigenvalue weighted by molar-refractivity contribution is 0.101. The molecule has 7 nitrogen and oxygen atoms in total. The Labute approximate surface area is 171 Å². The van der Waals surface area contributed by atoms with Gasteiger partial charge in [-0.05, 0) is 42.5 Å². The van der Waals surface area contributed by atoms with Crippen molar-refractivity contribution >= 4 is 46.4 Å². The lowest BCUT2D eigenvalue weighted by Crippen LogP contribution is -2.14. The number of ether oxygens (including phenoxy) is 1. The summed E-state index contributed by atoms with van der Waals surface area (Å²) in [7, 11) is 3.14. The summed E-state index contributed by atoms with van der Waals surface area (Å²) in [5.41, 5.74) is 1.79. The van der Waals surface area contributed by atoms with E-state index in [0.717, 1.165) is 0 Å².